The molecule has 0 atom stereocenters. The van der Waals surface area contributed by atoms with Crippen molar-refractivity contribution >= 4 is 11.8 Å². The summed E-state index contributed by atoms with van der Waals surface area (Å²) in [4.78, 5) is 18.6. The number of anilines is 1. The van der Waals surface area contributed by atoms with Gasteiger partial charge in [-0.2, -0.15) is 0 Å². The number of carbonyl (C=O) groups excluding carboxylic acids is 1. The van der Waals surface area contributed by atoms with Crippen LogP contribution in [0.25, 0.3) is 0 Å². The molecule has 1 aliphatic rings. The molecular weight excluding hydrogens is 352 g/mol. The number of pyridine rings is 1. The van der Waals surface area contributed by atoms with Gasteiger partial charge in [0.2, 0.25) is 0 Å². The lowest BCUT2D eigenvalue weighted by atomic mass is 9.85. The highest BCUT2D eigenvalue weighted by molar-refractivity contribution is 5.91. The number of aryl methyl sites for hydroxylation is 2. The third-order valence-corrected chi connectivity index (χ3v) is 4.96. The number of hydrogen-bond donors (Lipinski definition) is 0. The van der Waals surface area contributed by atoms with E-state index < -0.39 is 5.60 Å². The van der Waals surface area contributed by atoms with E-state index in [0.29, 0.717) is 6.54 Å². The lowest BCUT2D eigenvalue weighted by molar-refractivity contribution is 0.0579. The van der Waals surface area contributed by atoms with E-state index in [0.717, 1.165) is 29.8 Å². The Kier molecular flexibility index (Phi) is 5.37. The Morgan fingerprint density at radius 3 is 2.54 bits per heavy atom. The number of nitrogens with zero attached hydrogens (tertiary/aromatic N) is 2. The van der Waals surface area contributed by atoms with Crippen molar-refractivity contribution < 1.29 is 14.3 Å². The molecule has 0 unspecified atom stereocenters. The molecule has 0 spiro atoms. The first-order valence-corrected chi connectivity index (χ1v) is 9.71. The summed E-state index contributed by atoms with van der Waals surface area (Å²) in [7, 11) is 1.65. The second-order valence-electron chi connectivity index (χ2n) is 9.03. The van der Waals surface area contributed by atoms with Gasteiger partial charge < -0.3 is 9.47 Å². The summed E-state index contributed by atoms with van der Waals surface area (Å²) >= 11 is 0. The summed E-state index contributed by atoms with van der Waals surface area (Å²) in [5.41, 5.74) is 3.93. The largest absolute Gasteiger partial charge is 0.495 e. The van der Waals surface area contributed by atoms with E-state index in [4.69, 9.17) is 9.47 Å². The fourth-order valence-electron chi connectivity index (χ4n) is 3.56. The number of benzene rings is 1. The topological polar surface area (TPSA) is 51.7 Å². The van der Waals surface area contributed by atoms with Gasteiger partial charge in [-0.3, -0.25) is 9.88 Å². The lowest BCUT2D eigenvalue weighted by Crippen LogP contribution is -2.38. The van der Waals surface area contributed by atoms with Crippen LogP contribution in [0.15, 0.2) is 36.7 Å². The minimum absolute atomic E-state index is 0.111. The average Bonchev–Trinajstić information content (AvgIpc) is 2.90. The normalized spacial score (nSPS) is 15.3. The van der Waals surface area contributed by atoms with E-state index in [2.05, 4.69) is 31.0 Å². The Labute approximate surface area is 167 Å². The van der Waals surface area contributed by atoms with Gasteiger partial charge in [0.05, 0.1) is 19.0 Å². The Morgan fingerprint density at radius 2 is 1.86 bits per heavy atom. The third kappa shape index (κ3) is 4.46. The third-order valence-electron chi connectivity index (χ3n) is 4.96. The Hall–Kier alpha value is -2.56. The van der Waals surface area contributed by atoms with Crippen molar-refractivity contribution in [1.29, 1.82) is 0 Å². The maximum Gasteiger partial charge on any atom is 0.414 e. The van der Waals surface area contributed by atoms with Gasteiger partial charge >= 0.3 is 6.09 Å². The van der Waals surface area contributed by atoms with Gasteiger partial charge in [-0.25, -0.2) is 4.79 Å². The number of amides is 1. The number of ether oxygens (including phenoxy) is 2. The van der Waals surface area contributed by atoms with Crippen molar-refractivity contribution in [2.75, 3.05) is 18.6 Å². The predicted octanol–water partition coefficient (Wildman–Crippen LogP) is 4.91. The molecule has 1 aromatic carbocycles. The standard InChI is InChI=1S/C23H30N2O3/c1-22(2,3)28-21(26)25-15-23(4,5)19-12-16(9-10-20(19)25)7-8-17-11-18(27-6)14-24-13-17/h9-14H,7-8,15H2,1-6H3. The van der Waals surface area contributed by atoms with Crippen LogP contribution in [0, 0.1) is 0 Å². The molecule has 0 aliphatic carbocycles. The van der Waals surface area contributed by atoms with Gasteiger partial charge in [-0.15, -0.1) is 0 Å². The zero-order valence-electron chi connectivity index (χ0n) is 17.7. The molecule has 150 valence electrons. The van der Waals surface area contributed by atoms with Crippen LogP contribution in [-0.2, 0) is 23.0 Å². The van der Waals surface area contributed by atoms with Gasteiger partial charge in [0.1, 0.15) is 11.4 Å². The fourth-order valence-corrected chi connectivity index (χ4v) is 3.56. The van der Waals surface area contributed by atoms with Crippen molar-refractivity contribution in [1.82, 2.24) is 4.98 Å². The van der Waals surface area contributed by atoms with Crippen LogP contribution in [0.3, 0.4) is 0 Å². The molecule has 0 fully saturated rings. The molecule has 5 nitrogen and oxygen atoms in total. The average molecular weight is 383 g/mol. The van der Waals surface area contributed by atoms with Crippen LogP contribution in [-0.4, -0.2) is 30.3 Å². The number of rotatable bonds is 4. The van der Waals surface area contributed by atoms with Crippen molar-refractivity contribution in [3.8, 4) is 5.75 Å². The SMILES string of the molecule is COc1cncc(CCc2ccc3c(c2)C(C)(C)CN3C(=O)OC(C)(C)C)c1. The molecule has 1 aliphatic heterocycles. The Balaban J connectivity index is 1.78. The summed E-state index contributed by atoms with van der Waals surface area (Å²) in [6.45, 7) is 10.6. The minimum Gasteiger partial charge on any atom is -0.495 e. The number of fused-ring (bicyclic) bond motifs is 1. The molecular formula is C23H30N2O3. The van der Waals surface area contributed by atoms with Crippen LogP contribution < -0.4 is 9.64 Å². The quantitative estimate of drug-likeness (QED) is 0.754. The van der Waals surface area contributed by atoms with Crippen LogP contribution in [0.1, 0.15) is 51.3 Å². The molecule has 28 heavy (non-hydrogen) atoms. The van der Waals surface area contributed by atoms with Crippen LogP contribution >= 0.6 is 0 Å². The first kappa shape index (κ1) is 20.2. The van der Waals surface area contributed by atoms with Crippen LogP contribution in [0.5, 0.6) is 5.75 Å². The second kappa shape index (κ2) is 7.46. The molecule has 5 heteroatoms. The highest BCUT2D eigenvalue weighted by Crippen LogP contribution is 2.41. The summed E-state index contributed by atoms with van der Waals surface area (Å²) in [5, 5.41) is 0. The summed E-state index contributed by atoms with van der Waals surface area (Å²) in [6, 6.07) is 8.40. The van der Waals surface area contributed by atoms with Crippen molar-refractivity contribution in [3.63, 3.8) is 0 Å². The first-order valence-electron chi connectivity index (χ1n) is 9.71. The smallest absolute Gasteiger partial charge is 0.414 e. The van der Waals surface area contributed by atoms with Gasteiger partial charge in [0.15, 0.2) is 0 Å². The summed E-state index contributed by atoms with van der Waals surface area (Å²) in [6.07, 6.45) is 5.11. The van der Waals surface area contributed by atoms with Crippen molar-refractivity contribution in [3.05, 3.63) is 53.3 Å². The highest BCUT2D eigenvalue weighted by Gasteiger charge is 2.39. The van der Waals surface area contributed by atoms with E-state index in [1.807, 2.05) is 39.1 Å². The minimum atomic E-state index is -0.505. The first-order chi connectivity index (χ1) is 13.1. The molecule has 0 saturated heterocycles. The van der Waals surface area contributed by atoms with E-state index in [1.54, 1.807) is 18.2 Å². The van der Waals surface area contributed by atoms with Gasteiger partial charge in [0, 0.05) is 18.2 Å². The second-order valence-corrected chi connectivity index (χ2v) is 9.03. The maximum atomic E-state index is 12.7. The predicted molar refractivity (Wildman–Crippen MR) is 111 cm³/mol. The monoisotopic (exact) mass is 382 g/mol. The fraction of sp³-hybridized carbons (Fsp3) is 0.478. The molecule has 1 aromatic heterocycles. The molecule has 0 N–H and O–H groups in total. The molecule has 0 saturated carbocycles. The van der Waals surface area contributed by atoms with E-state index in [-0.39, 0.29) is 11.5 Å². The van der Waals surface area contributed by atoms with Crippen LogP contribution in [0.4, 0.5) is 10.5 Å². The summed E-state index contributed by atoms with van der Waals surface area (Å²) < 4.78 is 10.8. The van der Waals surface area contributed by atoms with Crippen molar-refractivity contribution in [2.45, 2.75) is 58.5 Å². The van der Waals surface area contributed by atoms with E-state index in [1.165, 1.54) is 11.1 Å². The Morgan fingerprint density at radius 1 is 1.14 bits per heavy atom. The highest BCUT2D eigenvalue weighted by atomic mass is 16.6. The van der Waals surface area contributed by atoms with Gasteiger partial charge in [-0.1, -0.05) is 26.0 Å². The van der Waals surface area contributed by atoms with Gasteiger partial charge in [-0.05, 0) is 62.4 Å². The van der Waals surface area contributed by atoms with E-state index in [9.17, 15) is 4.79 Å². The van der Waals surface area contributed by atoms with Crippen molar-refractivity contribution in [2.24, 2.45) is 0 Å². The summed E-state index contributed by atoms with van der Waals surface area (Å²) in [5.74, 6) is 0.778. The van der Waals surface area contributed by atoms with Crippen LogP contribution in [0.2, 0.25) is 0 Å². The molecule has 1 amide bonds. The molecule has 0 radical (unpaired) electrons. The Bertz CT molecular complexity index is 868. The number of aromatic nitrogens is 1. The molecule has 3 rings (SSSR count). The zero-order chi connectivity index (χ0) is 20.5. The number of carbonyl (C=O) groups is 1. The molecule has 2 aromatic rings. The maximum absolute atomic E-state index is 12.7. The number of methoxy groups -OCH3 is 1. The lowest BCUT2D eigenvalue weighted by Gasteiger charge is -2.25. The number of hydrogen-bond acceptors (Lipinski definition) is 4. The van der Waals surface area contributed by atoms with Gasteiger partial charge in [0.25, 0.3) is 0 Å². The molecule has 2 heterocycles. The van der Waals surface area contributed by atoms with E-state index >= 15 is 0 Å². The molecule has 0 bridgehead atoms. The zero-order valence-corrected chi connectivity index (χ0v) is 17.7.